The van der Waals surface area contributed by atoms with Crippen LogP contribution >= 0.6 is 11.6 Å². The number of hydrogen-bond donors (Lipinski definition) is 1. The van der Waals surface area contributed by atoms with Gasteiger partial charge in [-0.1, -0.05) is 19.9 Å². The summed E-state index contributed by atoms with van der Waals surface area (Å²) in [5.41, 5.74) is 6.05. The van der Waals surface area contributed by atoms with Gasteiger partial charge in [0.05, 0.1) is 26.5 Å². The molecule has 1 aliphatic heterocycles. The number of nitrogens with one attached hydrogen (secondary N) is 1. The van der Waals surface area contributed by atoms with E-state index in [0.29, 0.717) is 30.5 Å². The first-order chi connectivity index (χ1) is 16.7. The molecule has 4 rings (SSSR count). The molecular weight excluding hydrogens is 460 g/mol. The van der Waals surface area contributed by atoms with Crippen molar-refractivity contribution in [2.45, 2.75) is 70.9 Å². The fourth-order valence-corrected chi connectivity index (χ4v) is 5.91. The predicted octanol–water partition coefficient (Wildman–Crippen LogP) is 7.09. The molecule has 1 saturated heterocycles. The van der Waals surface area contributed by atoms with Crippen LogP contribution in [0.3, 0.4) is 0 Å². The molecule has 35 heavy (non-hydrogen) atoms. The summed E-state index contributed by atoms with van der Waals surface area (Å²) in [6.45, 7) is 9.24. The molecule has 1 aromatic heterocycles. The number of methoxy groups -OCH3 is 2. The SMILES string of the molecule is COc1ccc(-c2[nH]c3ccc(C4CCC(C)N(CC(=O)Cl)C(C)C4)cc3c2C(C)C)cc1OC. The van der Waals surface area contributed by atoms with Crippen LogP contribution in [0, 0.1) is 0 Å². The predicted molar refractivity (Wildman–Crippen MR) is 144 cm³/mol. The maximum Gasteiger partial charge on any atom is 0.235 e. The van der Waals surface area contributed by atoms with E-state index in [4.69, 9.17) is 21.1 Å². The van der Waals surface area contributed by atoms with Gasteiger partial charge in [-0.15, -0.1) is 0 Å². The number of carbonyl (C=O) groups is 1. The normalized spacial score (nSPS) is 21.3. The Morgan fingerprint density at radius 1 is 1.06 bits per heavy atom. The van der Waals surface area contributed by atoms with Gasteiger partial charge in [0.25, 0.3) is 0 Å². The Balaban J connectivity index is 1.73. The number of ether oxygens (including phenoxy) is 2. The summed E-state index contributed by atoms with van der Waals surface area (Å²) >= 11 is 5.75. The van der Waals surface area contributed by atoms with Crippen molar-refractivity contribution in [3.05, 3.63) is 47.5 Å². The molecule has 6 heteroatoms. The van der Waals surface area contributed by atoms with Crippen LogP contribution in [-0.4, -0.2) is 48.0 Å². The lowest BCUT2D eigenvalue weighted by molar-refractivity contribution is -0.113. The molecule has 0 aliphatic carbocycles. The number of aromatic amines is 1. The average Bonchev–Trinajstić information content (AvgIpc) is 3.16. The van der Waals surface area contributed by atoms with Crippen molar-refractivity contribution in [2.24, 2.45) is 0 Å². The molecule has 188 valence electrons. The van der Waals surface area contributed by atoms with Crippen LogP contribution in [0.1, 0.15) is 69.9 Å². The highest BCUT2D eigenvalue weighted by atomic mass is 35.5. The zero-order valence-corrected chi connectivity index (χ0v) is 22.4. The van der Waals surface area contributed by atoms with Crippen LogP contribution in [-0.2, 0) is 4.79 Å². The van der Waals surface area contributed by atoms with Crippen molar-refractivity contribution >= 4 is 27.7 Å². The number of likely N-dealkylation sites (tertiary alicyclic amines) is 1. The van der Waals surface area contributed by atoms with E-state index < -0.39 is 0 Å². The first-order valence-corrected chi connectivity index (χ1v) is 12.9. The summed E-state index contributed by atoms with van der Waals surface area (Å²) in [5, 5.41) is 1.00. The molecular formula is C29H37ClN2O3. The minimum atomic E-state index is -0.278. The van der Waals surface area contributed by atoms with Crippen LogP contribution in [0.2, 0.25) is 0 Å². The molecule has 1 N–H and O–H groups in total. The molecule has 3 unspecified atom stereocenters. The topological polar surface area (TPSA) is 54.6 Å². The largest absolute Gasteiger partial charge is 0.493 e. The lowest BCUT2D eigenvalue weighted by Gasteiger charge is -2.31. The number of carbonyl (C=O) groups excluding carboxylic acids is 1. The second-order valence-electron chi connectivity index (χ2n) is 10.2. The Kier molecular flexibility index (Phi) is 7.77. The molecule has 0 spiro atoms. The highest BCUT2D eigenvalue weighted by Gasteiger charge is 2.30. The van der Waals surface area contributed by atoms with Crippen molar-refractivity contribution in [3.63, 3.8) is 0 Å². The van der Waals surface area contributed by atoms with Gasteiger partial charge >= 0.3 is 0 Å². The van der Waals surface area contributed by atoms with Gasteiger partial charge in [-0.25, -0.2) is 0 Å². The van der Waals surface area contributed by atoms with Crippen molar-refractivity contribution in [2.75, 3.05) is 20.8 Å². The van der Waals surface area contributed by atoms with Crippen molar-refractivity contribution in [3.8, 4) is 22.8 Å². The maximum absolute atomic E-state index is 11.6. The number of H-pyrrole nitrogens is 1. The zero-order chi connectivity index (χ0) is 25.3. The fourth-order valence-electron chi connectivity index (χ4n) is 5.77. The third-order valence-corrected chi connectivity index (χ3v) is 7.70. The number of hydrogen-bond acceptors (Lipinski definition) is 4. The molecule has 0 radical (unpaired) electrons. The van der Waals surface area contributed by atoms with Crippen molar-refractivity contribution < 1.29 is 14.3 Å². The lowest BCUT2D eigenvalue weighted by Crippen LogP contribution is -2.41. The highest BCUT2D eigenvalue weighted by molar-refractivity contribution is 6.64. The molecule has 0 bridgehead atoms. The monoisotopic (exact) mass is 496 g/mol. The summed E-state index contributed by atoms with van der Waals surface area (Å²) in [6, 6.07) is 13.6. The number of benzene rings is 2. The van der Waals surface area contributed by atoms with Crippen LogP contribution in [0.5, 0.6) is 11.5 Å². The molecule has 1 fully saturated rings. The second kappa shape index (κ2) is 10.6. The van der Waals surface area contributed by atoms with Crippen LogP contribution < -0.4 is 9.47 Å². The fraction of sp³-hybridized carbons (Fsp3) is 0.483. The van der Waals surface area contributed by atoms with Crippen LogP contribution in [0.25, 0.3) is 22.2 Å². The van der Waals surface area contributed by atoms with Gasteiger partial charge in [0, 0.05) is 28.6 Å². The summed E-state index contributed by atoms with van der Waals surface area (Å²) in [7, 11) is 3.32. The summed E-state index contributed by atoms with van der Waals surface area (Å²) in [6.07, 6.45) is 3.18. The molecule has 2 heterocycles. The molecule has 1 aliphatic rings. The average molecular weight is 497 g/mol. The Hall–Kier alpha value is -2.50. The zero-order valence-electron chi connectivity index (χ0n) is 21.7. The number of fused-ring (bicyclic) bond motifs is 1. The van der Waals surface area contributed by atoms with Gasteiger partial charge in [-0.05, 0) is 98.0 Å². The maximum atomic E-state index is 11.6. The van der Waals surface area contributed by atoms with Gasteiger partial charge in [0.2, 0.25) is 5.24 Å². The lowest BCUT2D eigenvalue weighted by atomic mass is 9.87. The molecule has 0 amide bonds. The quantitative estimate of drug-likeness (QED) is 0.355. The van der Waals surface area contributed by atoms with E-state index in [9.17, 15) is 4.79 Å². The van der Waals surface area contributed by atoms with E-state index in [2.05, 4.69) is 61.8 Å². The third kappa shape index (κ3) is 5.22. The van der Waals surface area contributed by atoms with Gasteiger partial charge in [-0.3, -0.25) is 9.69 Å². The van der Waals surface area contributed by atoms with E-state index in [1.807, 2.05) is 12.1 Å². The number of nitrogens with zero attached hydrogens (tertiary/aromatic N) is 1. The van der Waals surface area contributed by atoms with Crippen molar-refractivity contribution in [1.29, 1.82) is 0 Å². The summed E-state index contributed by atoms with van der Waals surface area (Å²) in [4.78, 5) is 17.6. The third-order valence-electron chi connectivity index (χ3n) is 7.58. The standard InChI is InChI=1S/C29H37ClN2O3/c1-17(2)28-23-14-21(20-8-7-18(3)32(16-27(30)33)19(4)13-20)9-11-24(23)31-29(28)22-10-12-25(34-5)26(15-22)35-6/h9-12,14-15,17-20,31H,7-8,13,16H2,1-6H3. The Morgan fingerprint density at radius 3 is 2.46 bits per heavy atom. The van der Waals surface area contributed by atoms with E-state index in [0.717, 1.165) is 47.5 Å². The molecule has 2 aromatic carbocycles. The first kappa shape index (κ1) is 25.6. The smallest absolute Gasteiger partial charge is 0.235 e. The Labute approximate surface area is 213 Å². The van der Waals surface area contributed by atoms with Crippen LogP contribution in [0.4, 0.5) is 0 Å². The molecule has 3 aromatic rings. The summed E-state index contributed by atoms with van der Waals surface area (Å²) < 4.78 is 11.0. The highest BCUT2D eigenvalue weighted by Crippen LogP contribution is 2.41. The van der Waals surface area contributed by atoms with Crippen LogP contribution in [0.15, 0.2) is 36.4 Å². The van der Waals surface area contributed by atoms with Gasteiger partial charge < -0.3 is 14.5 Å². The van der Waals surface area contributed by atoms with Crippen molar-refractivity contribution in [1.82, 2.24) is 9.88 Å². The first-order valence-electron chi connectivity index (χ1n) is 12.5. The second-order valence-corrected chi connectivity index (χ2v) is 10.6. The molecule has 5 nitrogen and oxygen atoms in total. The van der Waals surface area contributed by atoms with E-state index in [1.54, 1.807) is 14.2 Å². The number of rotatable bonds is 7. The van der Waals surface area contributed by atoms with E-state index in [1.165, 1.54) is 16.5 Å². The number of halogens is 1. The van der Waals surface area contributed by atoms with E-state index in [-0.39, 0.29) is 5.24 Å². The minimum absolute atomic E-state index is 0.278. The van der Waals surface area contributed by atoms with Gasteiger partial charge in [-0.2, -0.15) is 0 Å². The number of aromatic nitrogens is 1. The van der Waals surface area contributed by atoms with Gasteiger partial charge in [0.1, 0.15) is 0 Å². The van der Waals surface area contributed by atoms with Gasteiger partial charge in [0.15, 0.2) is 11.5 Å². The Morgan fingerprint density at radius 2 is 1.80 bits per heavy atom. The molecule has 3 atom stereocenters. The minimum Gasteiger partial charge on any atom is -0.493 e. The summed E-state index contributed by atoms with van der Waals surface area (Å²) in [5.74, 6) is 2.25. The molecule has 0 saturated carbocycles. The Bertz CT molecular complexity index is 1200. The van der Waals surface area contributed by atoms with E-state index >= 15 is 0 Å².